The average Bonchev–Trinajstić information content (AvgIpc) is 3.00. The molecule has 5 aliphatic carbocycles. The van der Waals surface area contributed by atoms with Gasteiger partial charge >= 0.3 is 0 Å². The Bertz CT molecular complexity index is 1360. The lowest BCUT2D eigenvalue weighted by Crippen LogP contribution is -2.71. The first-order chi connectivity index (χ1) is 21.2. The van der Waals surface area contributed by atoms with Gasteiger partial charge in [0.15, 0.2) is 5.79 Å². The van der Waals surface area contributed by atoms with Gasteiger partial charge in [0.1, 0.15) is 0 Å². The van der Waals surface area contributed by atoms with Gasteiger partial charge in [0.05, 0.1) is 31.5 Å². The molecule has 0 aromatic heterocycles. The Labute approximate surface area is 273 Å². The van der Waals surface area contributed by atoms with Crippen LogP contribution in [0.25, 0.3) is 0 Å². The number of ether oxygens (including phenoxy) is 3. The van der Waals surface area contributed by atoms with Gasteiger partial charge in [0.25, 0.3) is 0 Å². The van der Waals surface area contributed by atoms with Gasteiger partial charge in [-0.05, 0) is 122 Å². The summed E-state index contributed by atoms with van der Waals surface area (Å²) in [7, 11) is 0. The molecule has 6 aliphatic rings. The third-order valence-electron chi connectivity index (χ3n) is 15.7. The Hall–Kier alpha value is -1.67. The third-order valence-corrected chi connectivity index (χ3v) is 15.7. The van der Waals surface area contributed by atoms with Crippen molar-refractivity contribution in [2.45, 2.75) is 138 Å². The van der Waals surface area contributed by atoms with E-state index in [0.29, 0.717) is 30.3 Å². The molecule has 0 N–H and O–H groups in total. The predicted octanol–water partition coefficient (Wildman–Crippen LogP) is 9.88. The van der Waals surface area contributed by atoms with Gasteiger partial charge in [0, 0.05) is 11.8 Å². The zero-order valence-corrected chi connectivity index (χ0v) is 29.5. The highest BCUT2D eigenvalue weighted by atomic mass is 16.7. The highest BCUT2D eigenvalue weighted by molar-refractivity contribution is 5.35. The Kier molecular flexibility index (Phi) is 7.56. The van der Waals surface area contributed by atoms with E-state index in [1.54, 1.807) is 5.57 Å². The molecule has 3 unspecified atom stereocenters. The molecule has 1 aliphatic heterocycles. The molecule has 1 aromatic rings. The van der Waals surface area contributed by atoms with Gasteiger partial charge in [-0.15, -0.1) is 0 Å². The number of benzene rings is 1. The zero-order valence-electron chi connectivity index (χ0n) is 29.5. The molecular weight excluding hydrogens is 554 g/mol. The number of allylic oxidation sites excluding steroid dienone is 2. The average molecular weight is 614 g/mol. The van der Waals surface area contributed by atoms with Crippen LogP contribution in [-0.2, 0) is 20.8 Å². The van der Waals surface area contributed by atoms with Crippen LogP contribution in [0.3, 0.4) is 0 Å². The molecule has 7 rings (SSSR count). The first-order valence-corrected chi connectivity index (χ1v) is 18.3. The molecule has 0 radical (unpaired) electrons. The number of hydrogen-bond acceptors (Lipinski definition) is 4. The van der Waals surface area contributed by atoms with Crippen LogP contribution in [0.5, 0.6) is 0 Å². The first kappa shape index (κ1) is 31.9. The van der Waals surface area contributed by atoms with Crippen molar-refractivity contribution in [3.05, 3.63) is 47.5 Å². The number of hydrogen-bond donors (Lipinski definition) is 0. The van der Waals surface area contributed by atoms with Crippen molar-refractivity contribution in [1.29, 1.82) is 5.26 Å². The molecule has 246 valence electrons. The van der Waals surface area contributed by atoms with Gasteiger partial charge in [0.2, 0.25) is 0 Å². The zero-order chi connectivity index (χ0) is 32.0. The van der Waals surface area contributed by atoms with E-state index in [-0.39, 0.29) is 39.3 Å². The summed E-state index contributed by atoms with van der Waals surface area (Å²) in [5.41, 5.74) is 3.53. The minimum absolute atomic E-state index is 0.0172. The second-order valence-electron chi connectivity index (χ2n) is 18.1. The van der Waals surface area contributed by atoms with E-state index in [1.165, 1.54) is 44.1 Å². The van der Waals surface area contributed by atoms with Gasteiger partial charge in [-0.25, -0.2) is 0 Å². The van der Waals surface area contributed by atoms with Crippen LogP contribution in [0, 0.1) is 68.0 Å². The lowest BCUT2D eigenvalue weighted by Gasteiger charge is -2.73. The molecule has 4 nitrogen and oxygen atoms in total. The predicted molar refractivity (Wildman–Crippen MR) is 179 cm³/mol. The second kappa shape index (κ2) is 10.7. The van der Waals surface area contributed by atoms with E-state index in [1.807, 2.05) is 0 Å². The van der Waals surface area contributed by atoms with Crippen molar-refractivity contribution in [2.24, 2.45) is 56.7 Å². The van der Waals surface area contributed by atoms with Gasteiger partial charge in [-0.2, -0.15) is 5.26 Å². The van der Waals surface area contributed by atoms with E-state index < -0.39 is 5.79 Å². The van der Waals surface area contributed by atoms with E-state index in [0.717, 1.165) is 31.8 Å². The first-order valence-electron chi connectivity index (χ1n) is 18.3. The van der Waals surface area contributed by atoms with Gasteiger partial charge < -0.3 is 14.2 Å². The molecule has 12 atom stereocenters. The summed E-state index contributed by atoms with van der Waals surface area (Å²) < 4.78 is 20.3. The maximum atomic E-state index is 10.1. The van der Waals surface area contributed by atoms with Crippen LogP contribution in [0.4, 0.5) is 0 Å². The van der Waals surface area contributed by atoms with Gasteiger partial charge in [-0.1, -0.05) is 83.5 Å². The topological polar surface area (TPSA) is 51.5 Å². The SMILES string of the molecule is C[C@H]1[C@H](C)CC[C@]2(CC#N)CC[C@]3(C)C(=CC[C@@H]4[C@@]5(C)C[C@@H](OCc6ccccc6)C6OC(C)(C)OCC6(C)C5CC[C@]43C)[C@H]12. The van der Waals surface area contributed by atoms with E-state index in [2.05, 4.69) is 97.9 Å². The molecule has 0 bridgehead atoms. The second-order valence-corrected chi connectivity index (χ2v) is 18.1. The Morgan fingerprint density at radius 1 is 0.911 bits per heavy atom. The minimum atomic E-state index is -0.600. The lowest BCUT2D eigenvalue weighted by molar-refractivity contribution is -0.372. The normalized spacial score (nSPS) is 50.0. The Balaban J connectivity index is 1.28. The third kappa shape index (κ3) is 4.53. The van der Waals surface area contributed by atoms with Crippen LogP contribution in [0.2, 0.25) is 0 Å². The summed E-state index contributed by atoms with van der Waals surface area (Å²) in [5, 5.41) is 10.1. The fourth-order valence-corrected chi connectivity index (χ4v) is 13.0. The fraction of sp³-hybridized carbons (Fsp3) is 0.780. The summed E-state index contributed by atoms with van der Waals surface area (Å²) >= 11 is 0. The maximum Gasteiger partial charge on any atom is 0.163 e. The Morgan fingerprint density at radius 3 is 2.40 bits per heavy atom. The summed E-state index contributed by atoms with van der Waals surface area (Å²) in [5.74, 6) is 2.40. The van der Waals surface area contributed by atoms with Gasteiger partial charge in [-0.3, -0.25) is 0 Å². The smallest absolute Gasteiger partial charge is 0.163 e. The molecule has 5 fully saturated rings. The summed E-state index contributed by atoms with van der Waals surface area (Å²) in [4.78, 5) is 0. The minimum Gasteiger partial charge on any atom is -0.371 e. The van der Waals surface area contributed by atoms with Crippen LogP contribution in [-0.4, -0.2) is 24.6 Å². The van der Waals surface area contributed by atoms with E-state index in [4.69, 9.17) is 14.2 Å². The number of nitrogens with zero attached hydrogens (tertiary/aromatic N) is 1. The van der Waals surface area contributed by atoms with Crippen molar-refractivity contribution in [1.82, 2.24) is 0 Å². The summed E-state index contributed by atoms with van der Waals surface area (Å²) in [6.45, 7) is 20.9. The highest BCUT2D eigenvalue weighted by Gasteiger charge is 2.71. The molecule has 4 saturated carbocycles. The molecule has 1 aromatic carbocycles. The molecule has 1 heterocycles. The van der Waals surface area contributed by atoms with Crippen molar-refractivity contribution in [3.8, 4) is 6.07 Å². The summed E-state index contributed by atoms with van der Waals surface area (Å²) in [6, 6.07) is 13.3. The monoisotopic (exact) mass is 613 g/mol. The van der Waals surface area contributed by atoms with Crippen LogP contribution >= 0.6 is 0 Å². The Morgan fingerprint density at radius 2 is 1.67 bits per heavy atom. The van der Waals surface area contributed by atoms with Crippen molar-refractivity contribution < 1.29 is 14.2 Å². The van der Waals surface area contributed by atoms with Crippen molar-refractivity contribution >= 4 is 0 Å². The van der Waals surface area contributed by atoms with Crippen molar-refractivity contribution in [3.63, 3.8) is 0 Å². The molecule has 0 amide bonds. The van der Waals surface area contributed by atoms with Crippen LogP contribution in [0.15, 0.2) is 42.0 Å². The van der Waals surface area contributed by atoms with E-state index in [9.17, 15) is 5.26 Å². The van der Waals surface area contributed by atoms with E-state index >= 15 is 0 Å². The molecule has 1 saturated heterocycles. The number of rotatable bonds is 4. The fourth-order valence-electron chi connectivity index (χ4n) is 13.0. The van der Waals surface area contributed by atoms with Crippen molar-refractivity contribution in [2.75, 3.05) is 6.61 Å². The standard InChI is InChI=1S/C41H59NO3/c1-27-16-19-41(22-23-42)21-20-39(7)30(34(41)28(27)2)14-15-33-37(5)24-31(43-25-29-12-10-9-11-13-29)35-38(6,26-44-36(3,4)45-35)32(37)17-18-40(33,39)8/h9-14,27-28,31-35H,15-22,24-26H2,1-8H3/t27-,28+,31-,32?,33-,34+,35?,37+,38?,39-,40-,41-/m1/s1. The van der Waals surface area contributed by atoms with Crippen LogP contribution in [0.1, 0.15) is 119 Å². The lowest BCUT2D eigenvalue weighted by atomic mass is 9.33. The quantitative estimate of drug-likeness (QED) is 0.317. The molecular formula is C41H59NO3. The largest absolute Gasteiger partial charge is 0.371 e. The molecule has 45 heavy (non-hydrogen) atoms. The summed E-state index contributed by atoms with van der Waals surface area (Å²) in [6.07, 6.45) is 13.1. The van der Waals surface area contributed by atoms with Crippen LogP contribution < -0.4 is 0 Å². The number of fused-ring (bicyclic) bond motifs is 9. The number of nitriles is 1. The highest BCUT2D eigenvalue weighted by Crippen LogP contribution is 2.76. The maximum absolute atomic E-state index is 10.1. The molecule has 0 spiro atoms. The molecule has 4 heteroatoms.